The first kappa shape index (κ1) is 32.0. The van der Waals surface area contributed by atoms with Gasteiger partial charge in [-0.2, -0.15) is 0 Å². The van der Waals surface area contributed by atoms with Crippen LogP contribution in [0.3, 0.4) is 0 Å². The fourth-order valence-electron chi connectivity index (χ4n) is 6.22. The van der Waals surface area contributed by atoms with Crippen molar-refractivity contribution in [1.29, 1.82) is 0 Å². The van der Waals surface area contributed by atoms with Crippen LogP contribution < -0.4 is 0 Å². The van der Waals surface area contributed by atoms with Gasteiger partial charge in [-0.3, -0.25) is 9.59 Å². The number of carboxylic acid groups (broad SMARTS) is 2. The number of fused-ring (bicyclic) bond motifs is 8. The van der Waals surface area contributed by atoms with E-state index in [9.17, 15) is 19.8 Å². The number of hydrogen-bond donors (Lipinski definition) is 4. The first-order valence-electron chi connectivity index (χ1n) is 14.6. The Labute approximate surface area is 262 Å². The molecule has 224 valence electrons. The fourth-order valence-corrected chi connectivity index (χ4v) is 6.22. The summed E-state index contributed by atoms with van der Waals surface area (Å²) in [6, 6.07) is 8.19. The van der Waals surface area contributed by atoms with Crippen LogP contribution in [0.4, 0.5) is 0 Å². The molecule has 4 N–H and O–H groups in total. The molecular formula is C34H41AlN4O4. The zero-order chi connectivity index (χ0) is 30.3. The third-order valence-corrected chi connectivity index (χ3v) is 8.69. The number of aliphatic carboxylic acids is 2. The molecule has 0 radical (unpaired) electrons. The lowest BCUT2D eigenvalue weighted by Crippen LogP contribution is -1.98. The van der Waals surface area contributed by atoms with Gasteiger partial charge in [-0.15, -0.1) is 0 Å². The van der Waals surface area contributed by atoms with Crippen LogP contribution in [-0.2, 0) is 22.4 Å². The van der Waals surface area contributed by atoms with E-state index in [-0.39, 0.29) is 30.2 Å². The van der Waals surface area contributed by atoms with Crippen molar-refractivity contribution in [3.63, 3.8) is 0 Å². The van der Waals surface area contributed by atoms with E-state index < -0.39 is 11.9 Å². The number of allylic oxidation sites excluding steroid dienone is 4. The van der Waals surface area contributed by atoms with E-state index in [0.717, 1.165) is 85.4 Å². The number of aromatic nitrogens is 4. The minimum atomic E-state index is -0.864. The molecule has 0 saturated heterocycles. The van der Waals surface area contributed by atoms with Crippen molar-refractivity contribution >= 4 is 73.7 Å². The van der Waals surface area contributed by atoms with Crippen LogP contribution in [0.15, 0.2) is 24.3 Å². The van der Waals surface area contributed by atoms with E-state index in [2.05, 4.69) is 49.8 Å². The number of nitrogens with zero attached hydrogens (tertiary/aromatic N) is 2. The summed E-state index contributed by atoms with van der Waals surface area (Å²) in [7, 11) is 0. The average Bonchev–Trinajstić information content (AvgIpc) is 3.59. The number of nitrogens with one attached hydrogen (secondary N) is 2. The summed E-state index contributed by atoms with van der Waals surface area (Å²) in [5.41, 5.74) is 15.4. The van der Waals surface area contributed by atoms with E-state index in [1.165, 1.54) is 11.1 Å². The molecule has 0 aromatic carbocycles. The highest BCUT2D eigenvalue weighted by atomic mass is 27.0. The van der Waals surface area contributed by atoms with E-state index in [4.69, 9.17) is 9.97 Å². The van der Waals surface area contributed by atoms with E-state index in [0.29, 0.717) is 18.5 Å². The number of carbonyl (C=O) groups is 2. The first-order valence-corrected chi connectivity index (χ1v) is 14.6. The Morgan fingerprint density at radius 1 is 0.628 bits per heavy atom. The normalized spacial score (nSPS) is 13.0. The van der Waals surface area contributed by atoms with Crippen molar-refractivity contribution < 1.29 is 19.8 Å². The van der Waals surface area contributed by atoms with Gasteiger partial charge in [-0.05, 0) is 122 Å². The summed E-state index contributed by atoms with van der Waals surface area (Å²) in [5.74, 6) is -1.72. The van der Waals surface area contributed by atoms with Gasteiger partial charge in [-0.25, -0.2) is 9.97 Å². The number of hydrogen-bond acceptors (Lipinski definition) is 4. The molecule has 2 aliphatic heterocycles. The summed E-state index contributed by atoms with van der Waals surface area (Å²) in [6.45, 7) is 12.5. The highest BCUT2D eigenvalue weighted by molar-refractivity contribution is 5.95. The molecule has 0 spiro atoms. The zero-order valence-electron chi connectivity index (χ0n) is 25.2. The lowest BCUT2D eigenvalue weighted by Gasteiger charge is -2.03. The maximum absolute atomic E-state index is 11.5. The van der Waals surface area contributed by atoms with Crippen LogP contribution in [0.1, 0.15) is 98.4 Å². The molecule has 0 unspecified atom stereocenters. The molecule has 0 fully saturated rings. The molecule has 5 heterocycles. The topological polar surface area (TPSA) is 132 Å². The largest absolute Gasteiger partial charge is 0.481 e. The van der Waals surface area contributed by atoms with Crippen molar-refractivity contribution in [3.8, 4) is 0 Å². The van der Waals surface area contributed by atoms with Crippen molar-refractivity contribution in [2.45, 2.75) is 80.1 Å². The second kappa shape index (κ2) is 12.7. The predicted molar refractivity (Wildman–Crippen MR) is 178 cm³/mol. The average molecular weight is 597 g/mol. The van der Waals surface area contributed by atoms with Crippen molar-refractivity contribution in [3.05, 3.63) is 69.3 Å². The summed E-state index contributed by atoms with van der Waals surface area (Å²) >= 11 is 0. The van der Waals surface area contributed by atoms with Crippen molar-refractivity contribution in [1.82, 2.24) is 19.9 Å². The quantitative estimate of drug-likeness (QED) is 0.221. The predicted octanol–water partition coefficient (Wildman–Crippen LogP) is 6.46. The molecule has 8 bridgehead atoms. The van der Waals surface area contributed by atoms with Gasteiger partial charge in [0.2, 0.25) is 0 Å². The van der Waals surface area contributed by atoms with Crippen LogP contribution in [0.25, 0.3) is 44.4 Å². The van der Waals surface area contributed by atoms with Gasteiger partial charge in [0.05, 0.1) is 22.8 Å². The maximum Gasteiger partial charge on any atom is 0.303 e. The molecule has 2 aliphatic rings. The Kier molecular flexibility index (Phi) is 9.48. The van der Waals surface area contributed by atoms with E-state index >= 15 is 0 Å². The Hall–Kier alpha value is -3.93. The van der Waals surface area contributed by atoms with E-state index in [1.807, 2.05) is 26.0 Å². The third-order valence-electron chi connectivity index (χ3n) is 8.69. The van der Waals surface area contributed by atoms with Gasteiger partial charge < -0.3 is 20.2 Å². The van der Waals surface area contributed by atoms with Crippen LogP contribution in [0.5, 0.6) is 0 Å². The van der Waals surface area contributed by atoms with E-state index in [1.54, 1.807) is 0 Å². The molecule has 3 aromatic heterocycles. The molecule has 3 aromatic rings. The Balaban J connectivity index is 0.00000423. The number of carboxylic acids is 2. The van der Waals surface area contributed by atoms with Crippen LogP contribution >= 0.6 is 0 Å². The van der Waals surface area contributed by atoms with Crippen LogP contribution in [0.2, 0.25) is 0 Å². The Morgan fingerprint density at radius 2 is 1.07 bits per heavy atom. The van der Waals surface area contributed by atoms with Gasteiger partial charge in [0.25, 0.3) is 0 Å². The Morgan fingerprint density at radius 3 is 1.63 bits per heavy atom. The van der Waals surface area contributed by atoms with Gasteiger partial charge in [0.1, 0.15) is 0 Å². The van der Waals surface area contributed by atoms with Gasteiger partial charge in [-0.1, -0.05) is 13.8 Å². The van der Waals surface area contributed by atoms with Gasteiger partial charge in [0.15, 0.2) is 17.4 Å². The minimum absolute atomic E-state index is 0. The molecule has 0 aliphatic carbocycles. The molecule has 0 amide bonds. The number of aromatic amines is 2. The molecule has 9 heteroatoms. The third kappa shape index (κ3) is 6.11. The standard InChI is InChI=1S/C34H38N4O4.Al.3H/c1-7-21-17(3)25-13-26-19(5)23(9-11-33(39)40)31(37-26)16-32-24(10-12-34(41)42)20(6)28(38-32)15-30-22(8-2)18(4)27(36-30)14-29(21)35-25;;;;/h13-16,35,38H,7-12H2,1-6H3,(H,39,40)(H,41,42);;;;. The van der Waals surface area contributed by atoms with Crippen molar-refractivity contribution in [2.75, 3.05) is 0 Å². The SMILES string of the molecule is CCC1=C(C)c2cc3[nH]c(cc4nc(cc5[nH]c(cc1n2)c(C)c5CCC(=O)O)C(CCC(=O)O)=C4C)c(C)c3CC.[AlH3]. The monoisotopic (exact) mass is 596 g/mol. The summed E-state index contributed by atoms with van der Waals surface area (Å²) in [6.07, 6.45) is 2.39. The molecule has 43 heavy (non-hydrogen) atoms. The number of H-pyrrole nitrogens is 2. The number of aryl methyl sites for hydroxylation is 4. The lowest BCUT2D eigenvalue weighted by molar-refractivity contribution is -0.137. The molecular weight excluding hydrogens is 555 g/mol. The summed E-state index contributed by atoms with van der Waals surface area (Å²) in [4.78, 5) is 40.3. The fraction of sp³-hybridized carbons (Fsp3) is 0.353. The minimum Gasteiger partial charge on any atom is -0.481 e. The first-order chi connectivity index (χ1) is 20.0. The lowest BCUT2D eigenvalue weighted by atomic mass is 10.00. The summed E-state index contributed by atoms with van der Waals surface area (Å²) in [5, 5.41) is 18.9. The zero-order valence-corrected chi connectivity index (χ0v) is 25.2. The number of rotatable bonds is 8. The van der Waals surface area contributed by atoms with Gasteiger partial charge >= 0.3 is 11.9 Å². The molecule has 8 nitrogen and oxygen atoms in total. The molecule has 5 rings (SSSR count). The highest BCUT2D eigenvalue weighted by Gasteiger charge is 2.21. The van der Waals surface area contributed by atoms with Gasteiger partial charge in [0, 0.05) is 34.9 Å². The second-order valence-corrected chi connectivity index (χ2v) is 11.2. The second-order valence-electron chi connectivity index (χ2n) is 11.2. The van der Waals surface area contributed by atoms with Crippen molar-refractivity contribution in [2.24, 2.45) is 0 Å². The molecule has 0 atom stereocenters. The smallest absolute Gasteiger partial charge is 0.303 e. The summed E-state index contributed by atoms with van der Waals surface area (Å²) < 4.78 is 0. The van der Waals surface area contributed by atoms with Crippen LogP contribution in [0, 0.1) is 13.8 Å². The maximum atomic E-state index is 11.5. The Bertz CT molecular complexity index is 1860. The van der Waals surface area contributed by atoms with Crippen LogP contribution in [-0.4, -0.2) is 59.4 Å². The molecule has 0 saturated carbocycles. The highest BCUT2D eigenvalue weighted by Crippen LogP contribution is 2.36.